The van der Waals surface area contributed by atoms with Crippen LogP contribution in [-0.4, -0.2) is 36.9 Å². The molecular weight excluding hydrogens is 452 g/mol. The van der Waals surface area contributed by atoms with Gasteiger partial charge >= 0.3 is 10.1 Å². The summed E-state index contributed by atoms with van der Waals surface area (Å²) < 4.78 is 33.0. The van der Waals surface area contributed by atoms with Crippen LogP contribution in [0.5, 0.6) is 11.5 Å². The van der Waals surface area contributed by atoms with E-state index in [0.717, 1.165) is 18.0 Å². The van der Waals surface area contributed by atoms with Gasteiger partial charge in [-0.2, -0.15) is 8.42 Å². The lowest BCUT2D eigenvalue weighted by atomic mass is 10.2. The number of rotatable bonds is 6. The van der Waals surface area contributed by atoms with Crippen molar-refractivity contribution in [1.82, 2.24) is 0 Å². The van der Waals surface area contributed by atoms with E-state index in [-0.39, 0.29) is 27.4 Å². The lowest BCUT2D eigenvalue weighted by Gasteiger charge is -2.14. The van der Waals surface area contributed by atoms with E-state index in [9.17, 15) is 23.3 Å². The minimum absolute atomic E-state index is 0.0237. The zero-order chi connectivity index (χ0) is 22.1. The van der Waals surface area contributed by atoms with Crippen LogP contribution < -0.4 is 13.8 Å². The summed E-state index contributed by atoms with van der Waals surface area (Å²) >= 11 is 6.37. The fraction of sp³-hybridized carbons (Fsp3) is 0.111. The SMILES string of the molecule is COc1cc(/C=C2/SC(=S)N(c3ccc([N+](=O)[O-])cc3)C2=O)ccc1OS(C)(=O)=O. The Morgan fingerprint density at radius 1 is 1.17 bits per heavy atom. The van der Waals surface area contributed by atoms with Crippen molar-refractivity contribution in [1.29, 1.82) is 0 Å². The number of nitro benzene ring substituents is 1. The summed E-state index contributed by atoms with van der Waals surface area (Å²) in [6.45, 7) is 0. The highest BCUT2D eigenvalue weighted by molar-refractivity contribution is 8.27. The predicted molar refractivity (Wildman–Crippen MR) is 117 cm³/mol. The van der Waals surface area contributed by atoms with Crippen molar-refractivity contribution in [3.8, 4) is 11.5 Å². The number of thiocarbonyl (C=S) groups is 1. The van der Waals surface area contributed by atoms with E-state index >= 15 is 0 Å². The number of thioether (sulfide) groups is 1. The van der Waals surface area contributed by atoms with Crippen molar-refractivity contribution < 1.29 is 27.1 Å². The number of nitrogens with zero attached hydrogens (tertiary/aromatic N) is 2. The van der Waals surface area contributed by atoms with E-state index in [1.165, 1.54) is 48.4 Å². The van der Waals surface area contributed by atoms with Gasteiger partial charge in [-0.25, -0.2) is 0 Å². The molecule has 0 atom stereocenters. The number of non-ortho nitro benzene ring substituents is 1. The quantitative estimate of drug-likeness (QED) is 0.208. The third-order valence-electron chi connectivity index (χ3n) is 3.84. The maximum atomic E-state index is 12.8. The van der Waals surface area contributed by atoms with Gasteiger partial charge in [0.15, 0.2) is 15.8 Å². The van der Waals surface area contributed by atoms with Gasteiger partial charge in [-0.3, -0.25) is 19.8 Å². The van der Waals surface area contributed by atoms with Gasteiger partial charge in [0.25, 0.3) is 11.6 Å². The average Bonchev–Trinajstić information content (AvgIpc) is 2.95. The predicted octanol–water partition coefficient (Wildman–Crippen LogP) is 3.35. The molecule has 0 radical (unpaired) electrons. The third kappa shape index (κ3) is 4.78. The molecule has 0 aliphatic carbocycles. The zero-order valence-electron chi connectivity index (χ0n) is 15.6. The molecule has 2 aromatic rings. The Kier molecular flexibility index (Phi) is 6.10. The van der Waals surface area contributed by atoms with E-state index in [1.807, 2.05) is 0 Å². The van der Waals surface area contributed by atoms with Crippen molar-refractivity contribution in [2.75, 3.05) is 18.3 Å². The second-order valence-electron chi connectivity index (χ2n) is 5.99. The van der Waals surface area contributed by atoms with Crippen molar-refractivity contribution in [3.63, 3.8) is 0 Å². The normalized spacial score (nSPS) is 15.5. The van der Waals surface area contributed by atoms with Crippen LogP contribution in [0.4, 0.5) is 11.4 Å². The van der Waals surface area contributed by atoms with Gasteiger partial charge < -0.3 is 8.92 Å². The Morgan fingerprint density at radius 3 is 2.40 bits per heavy atom. The molecule has 1 aliphatic rings. The molecule has 2 aromatic carbocycles. The second-order valence-corrected chi connectivity index (χ2v) is 9.24. The zero-order valence-corrected chi connectivity index (χ0v) is 18.0. The molecule has 12 heteroatoms. The molecular formula is C18H14N2O7S3. The summed E-state index contributed by atoms with van der Waals surface area (Å²) in [5.74, 6) is -0.176. The summed E-state index contributed by atoms with van der Waals surface area (Å²) in [5.41, 5.74) is 0.890. The summed E-state index contributed by atoms with van der Waals surface area (Å²) in [5, 5.41) is 10.8. The van der Waals surface area contributed by atoms with Gasteiger partial charge in [0.1, 0.15) is 0 Å². The third-order valence-corrected chi connectivity index (χ3v) is 5.62. The minimum atomic E-state index is -3.73. The lowest BCUT2D eigenvalue weighted by molar-refractivity contribution is -0.384. The number of amides is 1. The van der Waals surface area contributed by atoms with Crippen LogP contribution in [0.3, 0.4) is 0 Å². The number of methoxy groups -OCH3 is 1. The molecule has 1 fully saturated rings. The van der Waals surface area contributed by atoms with Gasteiger partial charge in [-0.1, -0.05) is 30.0 Å². The molecule has 1 heterocycles. The molecule has 156 valence electrons. The number of carbonyl (C=O) groups excluding carboxylic acids is 1. The van der Waals surface area contributed by atoms with E-state index in [4.69, 9.17) is 21.1 Å². The van der Waals surface area contributed by atoms with Crippen LogP contribution in [0.15, 0.2) is 47.4 Å². The first-order valence-electron chi connectivity index (χ1n) is 8.19. The fourth-order valence-electron chi connectivity index (χ4n) is 2.57. The Labute approximate surface area is 181 Å². The van der Waals surface area contributed by atoms with Crippen LogP contribution in [0.1, 0.15) is 5.56 Å². The monoisotopic (exact) mass is 466 g/mol. The van der Waals surface area contributed by atoms with Gasteiger partial charge in [-0.05, 0) is 35.9 Å². The first-order chi connectivity index (χ1) is 14.1. The van der Waals surface area contributed by atoms with Crippen LogP contribution in [-0.2, 0) is 14.9 Å². The van der Waals surface area contributed by atoms with Gasteiger partial charge in [0, 0.05) is 12.1 Å². The summed E-state index contributed by atoms with van der Waals surface area (Å²) in [6, 6.07) is 10.0. The van der Waals surface area contributed by atoms with E-state index < -0.39 is 15.0 Å². The Balaban J connectivity index is 1.89. The number of hydrogen-bond donors (Lipinski definition) is 0. The smallest absolute Gasteiger partial charge is 0.306 e. The highest BCUT2D eigenvalue weighted by Crippen LogP contribution is 2.37. The number of hydrogen-bond acceptors (Lipinski definition) is 9. The maximum Gasteiger partial charge on any atom is 0.306 e. The first kappa shape index (κ1) is 21.7. The number of carbonyl (C=O) groups is 1. The van der Waals surface area contributed by atoms with Crippen molar-refractivity contribution in [2.24, 2.45) is 0 Å². The number of anilines is 1. The highest BCUT2D eigenvalue weighted by Gasteiger charge is 2.33. The summed E-state index contributed by atoms with van der Waals surface area (Å²) in [6.07, 6.45) is 2.50. The summed E-state index contributed by atoms with van der Waals surface area (Å²) in [7, 11) is -2.36. The molecule has 0 bridgehead atoms. The molecule has 0 N–H and O–H groups in total. The van der Waals surface area contributed by atoms with Crippen molar-refractivity contribution in [3.05, 3.63) is 63.0 Å². The Bertz CT molecular complexity index is 1170. The van der Waals surface area contributed by atoms with Crippen LogP contribution in [0.25, 0.3) is 6.08 Å². The standard InChI is InChI=1S/C18H14N2O7S3/c1-26-15-9-11(3-8-14(15)27-30(2,24)25)10-16-17(21)19(18(28)29-16)12-4-6-13(7-5-12)20(22)23/h3-10H,1-2H3/b16-10+. The maximum absolute atomic E-state index is 12.8. The molecule has 30 heavy (non-hydrogen) atoms. The van der Waals surface area contributed by atoms with E-state index in [0.29, 0.717) is 16.2 Å². The van der Waals surface area contributed by atoms with Crippen molar-refractivity contribution in [2.45, 2.75) is 0 Å². The first-order valence-corrected chi connectivity index (χ1v) is 11.2. The summed E-state index contributed by atoms with van der Waals surface area (Å²) in [4.78, 5) is 24.7. The van der Waals surface area contributed by atoms with E-state index in [1.54, 1.807) is 12.1 Å². The fourth-order valence-corrected chi connectivity index (χ4v) is 4.33. The Morgan fingerprint density at radius 2 is 1.83 bits per heavy atom. The molecule has 1 amide bonds. The topological polar surface area (TPSA) is 116 Å². The molecule has 0 unspecified atom stereocenters. The van der Waals surface area contributed by atoms with Crippen molar-refractivity contribution >= 4 is 61.8 Å². The molecule has 0 aromatic heterocycles. The van der Waals surface area contributed by atoms with Gasteiger partial charge in [-0.15, -0.1) is 0 Å². The largest absolute Gasteiger partial charge is 0.493 e. The molecule has 0 spiro atoms. The number of benzene rings is 2. The Hall–Kier alpha value is -2.96. The van der Waals surface area contributed by atoms with Gasteiger partial charge in [0.2, 0.25) is 0 Å². The number of ether oxygens (including phenoxy) is 1. The molecule has 9 nitrogen and oxygen atoms in total. The van der Waals surface area contributed by atoms with E-state index in [2.05, 4.69) is 0 Å². The van der Waals surface area contributed by atoms with Gasteiger partial charge in [0.05, 0.1) is 28.9 Å². The second kappa shape index (κ2) is 8.42. The molecule has 1 saturated heterocycles. The van der Waals surface area contributed by atoms with Crippen LogP contribution in [0, 0.1) is 10.1 Å². The van der Waals surface area contributed by atoms with Crippen LogP contribution >= 0.6 is 24.0 Å². The molecule has 1 aliphatic heterocycles. The number of nitro groups is 1. The highest BCUT2D eigenvalue weighted by atomic mass is 32.2. The molecule has 0 saturated carbocycles. The van der Waals surface area contributed by atoms with Crippen LogP contribution in [0.2, 0.25) is 0 Å². The average molecular weight is 467 g/mol. The minimum Gasteiger partial charge on any atom is -0.493 e. The molecule has 3 rings (SSSR count). The lowest BCUT2D eigenvalue weighted by Crippen LogP contribution is -2.27.